The largest absolute Gasteiger partial charge is 0.478 e. The van der Waals surface area contributed by atoms with Crippen LogP contribution in [0.3, 0.4) is 0 Å². The Labute approximate surface area is 79.3 Å². The van der Waals surface area contributed by atoms with Crippen LogP contribution in [0.25, 0.3) is 11.7 Å². The average molecular weight is 189 g/mol. The lowest BCUT2D eigenvalue weighted by Gasteiger charge is -1.90. The van der Waals surface area contributed by atoms with Gasteiger partial charge in [0.05, 0.1) is 6.20 Å². The second-order valence-electron chi connectivity index (χ2n) is 2.66. The molecule has 0 aromatic carbocycles. The van der Waals surface area contributed by atoms with E-state index >= 15 is 0 Å². The minimum Gasteiger partial charge on any atom is -0.478 e. The van der Waals surface area contributed by atoms with Gasteiger partial charge < -0.3 is 5.11 Å². The van der Waals surface area contributed by atoms with Gasteiger partial charge in [-0.15, -0.1) is 0 Å². The molecule has 0 spiro atoms. The summed E-state index contributed by atoms with van der Waals surface area (Å²) in [7, 11) is 0. The summed E-state index contributed by atoms with van der Waals surface area (Å²) in [6.45, 7) is 0. The molecule has 0 unspecified atom stereocenters. The molecule has 0 atom stereocenters. The third-order valence-electron chi connectivity index (χ3n) is 1.71. The van der Waals surface area contributed by atoms with E-state index in [1.54, 1.807) is 29.2 Å². The summed E-state index contributed by atoms with van der Waals surface area (Å²) in [6, 6.07) is 1.75. The van der Waals surface area contributed by atoms with Crippen LogP contribution in [-0.4, -0.2) is 25.7 Å². The zero-order chi connectivity index (χ0) is 9.97. The van der Waals surface area contributed by atoms with Crippen LogP contribution in [0.15, 0.2) is 30.7 Å². The van der Waals surface area contributed by atoms with Crippen LogP contribution < -0.4 is 0 Å². The lowest BCUT2D eigenvalue weighted by molar-refractivity contribution is -0.131. The zero-order valence-electron chi connectivity index (χ0n) is 7.16. The van der Waals surface area contributed by atoms with Gasteiger partial charge in [0, 0.05) is 24.0 Å². The molecule has 70 valence electrons. The van der Waals surface area contributed by atoms with Gasteiger partial charge in [-0.2, -0.15) is 5.10 Å². The van der Waals surface area contributed by atoms with E-state index in [9.17, 15) is 4.79 Å². The first-order valence-corrected chi connectivity index (χ1v) is 3.97. The Morgan fingerprint density at radius 2 is 2.43 bits per heavy atom. The summed E-state index contributed by atoms with van der Waals surface area (Å²) >= 11 is 0. The van der Waals surface area contributed by atoms with Crippen molar-refractivity contribution in [2.75, 3.05) is 0 Å². The number of fused-ring (bicyclic) bond motifs is 1. The van der Waals surface area contributed by atoms with Crippen molar-refractivity contribution in [2.24, 2.45) is 0 Å². The lowest BCUT2D eigenvalue weighted by atomic mass is 10.3. The highest BCUT2D eigenvalue weighted by atomic mass is 16.4. The summed E-state index contributed by atoms with van der Waals surface area (Å²) in [5, 5.41) is 12.5. The van der Waals surface area contributed by atoms with Crippen molar-refractivity contribution in [3.63, 3.8) is 0 Å². The molecule has 0 radical (unpaired) electrons. The topological polar surface area (TPSA) is 67.5 Å². The molecule has 0 fully saturated rings. The van der Waals surface area contributed by atoms with Crippen LogP contribution in [0.2, 0.25) is 0 Å². The van der Waals surface area contributed by atoms with Gasteiger partial charge in [0.2, 0.25) is 0 Å². The molecule has 2 rings (SSSR count). The minimum atomic E-state index is -0.986. The molecular weight excluding hydrogens is 182 g/mol. The SMILES string of the molecule is O=C(O)C=Cc1cnn2cccnc12. The molecule has 1 N–H and O–H groups in total. The first kappa shape index (κ1) is 8.43. The van der Waals surface area contributed by atoms with Crippen LogP contribution in [0.5, 0.6) is 0 Å². The molecule has 0 amide bonds. The van der Waals surface area contributed by atoms with Crippen LogP contribution in [0.4, 0.5) is 0 Å². The summed E-state index contributed by atoms with van der Waals surface area (Å²) in [6.07, 6.45) is 7.49. The van der Waals surface area contributed by atoms with Crippen molar-refractivity contribution in [1.82, 2.24) is 14.6 Å². The van der Waals surface area contributed by atoms with Crippen molar-refractivity contribution in [3.05, 3.63) is 36.3 Å². The third-order valence-corrected chi connectivity index (χ3v) is 1.71. The molecule has 0 aliphatic heterocycles. The van der Waals surface area contributed by atoms with Crippen LogP contribution in [0, 0.1) is 0 Å². The Morgan fingerprint density at radius 1 is 1.57 bits per heavy atom. The van der Waals surface area contributed by atoms with Gasteiger partial charge in [-0.3, -0.25) is 0 Å². The molecule has 0 bridgehead atoms. The Hall–Kier alpha value is -2.17. The molecule has 0 saturated heterocycles. The number of carbonyl (C=O) groups is 1. The molecule has 14 heavy (non-hydrogen) atoms. The third kappa shape index (κ3) is 1.47. The monoisotopic (exact) mass is 189 g/mol. The summed E-state index contributed by atoms with van der Waals surface area (Å²) in [5.74, 6) is -0.986. The molecule has 2 heterocycles. The summed E-state index contributed by atoms with van der Waals surface area (Å²) in [5.41, 5.74) is 1.33. The molecule has 0 aliphatic rings. The van der Waals surface area contributed by atoms with Crippen LogP contribution in [0.1, 0.15) is 5.56 Å². The van der Waals surface area contributed by atoms with Gasteiger partial charge in [0.15, 0.2) is 5.65 Å². The number of hydrogen-bond acceptors (Lipinski definition) is 3. The maximum absolute atomic E-state index is 10.3. The van der Waals surface area contributed by atoms with E-state index in [0.29, 0.717) is 11.2 Å². The van der Waals surface area contributed by atoms with Gasteiger partial charge in [-0.25, -0.2) is 14.3 Å². The van der Waals surface area contributed by atoms with E-state index in [-0.39, 0.29) is 0 Å². The molecular formula is C9H7N3O2. The molecule has 2 aromatic rings. The first-order valence-electron chi connectivity index (χ1n) is 3.97. The number of rotatable bonds is 2. The first-order chi connectivity index (χ1) is 6.77. The highest BCUT2D eigenvalue weighted by Gasteiger charge is 2.00. The van der Waals surface area contributed by atoms with Crippen molar-refractivity contribution in [3.8, 4) is 0 Å². The normalized spacial score (nSPS) is 11.1. The number of nitrogens with zero attached hydrogens (tertiary/aromatic N) is 3. The van der Waals surface area contributed by atoms with Crippen molar-refractivity contribution in [1.29, 1.82) is 0 Å². The van der Waals surface area contributed by atoms with E-state index in [1.807, 2.05) is 0 Å². The van der Waals surface area contributed by atoms with Crippen molar-refractivity contribution < 1.29 is 9.90 Å². The molecule has 5 heteroatoms. The smallest absolute Gasteiger partial charge is 0.328 e. The molecule has 2 aromatic heterocycles. The van der Waals surface area contributed by atoms with Gasteiger partial charge in [-0.1, -0.05) is 0 Å². The van der Waals surface area contributed by atoms with Crippen LogP contribution in [-0.2, 0) is 4.79 Å². The molecule has 0 aliphatic carbocycles. The highest BCUT2D eigenvalue weighted by molar-refractivity contribution is 5.86. The average Bonchev–Trinajstić information content (AvgIpc) is 2.58. The van der Waals surface area contributed by atoms with Gasteiger partial charge in [0.25, 0.3) is 0 Å². The predicted octanol–water partition coefficient (Wildman–Crippen LogP) is 0.827. The van der Waals surface area contributed by atoms with Gasteiger partial charge in [0.1, 0.15) is 0 Å². The quantitative estimate of drug-likeness (QED) is 0.710. The predicted molar refractivity (Wildman–Crippen MR) is 49.7 cm³/mol. The van der Waals surface area contributed by atoms with E-state index in [2.05, 4.69) is 10.1 Å². The Bertz CT molecular complexity index is 501. The minimum absolute atomic E-state index is 0.644. The Balaban J connectivity index is 2.48. The van der Waals surface area contributed by atoms with E-state index in [0.717, 1.165) is 6.08 Å². The Morgan fingerprint density at radius 3 is 3.21 bits per heavy atom. The molecule has 5 nitrogen and oxygen atoms in total. The second-order valence-corrected chi connectivity index (χ2v) is 2.66. The number of carboxylic acid groups (broad SMARTS) is 1. The fraction of sp³-hybridized carbons (Fsp3) is 0. The fourth-order valence-corrected chi connectivity index (χ4v) is 1.12. The maximum Gasteiger partial charge on any atom is 0.328 e. The van der Waals surface area contributed by atoms with Crippen molar-refractivity contribution >= 4 is 17.7 Å². The number of carboxylic acids is 1. The molecule has 0 saturated carbocycles. The Kier molecular flexibility index (Phi) is 1.98. The van der Waals surface area contributed by atoms with E-state index in [4.69, 9.17) is 5.11 Å². The number of aromatic nitrogens is 3. The van der Waals surface area contributed by atoms with Gasteiger partial charge in [-0.05, 0) is 12.1 Å². The lowest BCUT2D eigenvalue weighted by Crippen LogP contribution is -1.88. The highest BCUT2D eigenvalue weighted by Crippen LogP contribution is 2.08. The van der Waals surface area contributed by atoms with Gasteiger partial charge >= 0.3 is 5.97 Å². The zero-order valence-corrected chi connectivity index (χ0v) is 7.16. The fourth-order valence-electron chi connectivity index (χ4n) is 1.12. The van der Waals surface area contributed by atoms with Crippen LogP contribution >= 0.6 is 0 Å². The van der Waals surface area contributed by atoms with Crippen molar-refractivity contribution in [2.45, 2.75) is 0 Å². The number of aliphatic carboxylic acids is 1. The number of hydrogen-bond donors (Lipinski definition) is 1. The van der Waals surface area contributed by atoms with E-state index < -0.39 is 5.97 Å². The summed E-state index contributed by atoms with van der Waals surface area (Å²) < 4.78 is 1.58. The summed E-state index contributed by atoms with van der Waals surface area (Å²) in [4.78, 5) is 14.4. The van der Waals surface area contributed by atoms with E-state index in [1.165, 1.54) is 6.08 Å². The maximum atomic E-state index is 10.3. The second kappa shape index (κ2) is 3.29. The standard InChI is InChI=1S/C9H7N3O2/c13-8(14)3-2-7-6-11-12-5-1-4-10-9(7)12/h1-6H,(H,13,14).